The lowest BCUT2D eigenvalue weighted by Gasteiger charge is -2.10. The molecule has 2 aromatic rings. The van der Waals surface area contributed by atoms with Crippen molar-refractivity contribution in [3.05, 3.63) is 58.4 Å². The highest BCUT2D eigenvalue weighted by Crippen LogP contribution is 2.25. The molecular weight excluding hydrogens is 331 g/mol. The Hall–Kier alpha value is -3.04. The van der Waals surface area contributed by atoms with Gasteiger partial charge in [0.25, 0.3) is 5.56 Å². The molecule has 0 aliphatic carbocycles. The smallest absolute Gasteiger partial charge is 0.421 e. The normalized spacial score (nSPS) is 11.1. The highest BCUT2D eigenvalue weighted by Gasteiger charge is 2.34. The van der Waals surface area contributed by atoms with Gasteiger partial charge < -0.3 is 14.3 Å². The summed E-state index contributed by atoms with van der Waals surface area (Å²) in [6.07, 6.45) is -2.39. The van der Waals surface area contributed by atoms with Crippen molar-refractivity contribution in [2.24, 2.45) is 0 Å². The minimum absolute atomic E-state index is 0.0234. The molecule has 2 heterocycles. The fraction of sp³-hybridized carbons (Fsp3) is 0.214. The van der Waals surface area contributed by atoms with E-state index in [1.54, 1.807) is 12.1 Å². The lowest BCUT2D eigenvalue weighted by molar-refractivity contribution is -0.139. The van der Waals surface area contributed by atoms with Gasteiger partial charge in [0, 0.05) is 6.20 Å². The van der Waals surface area contributed by atoms with Crippen LogP contribution < -0.4 is 16.2 Å². The van der Waals surface area contributed by atoms with Gasteiger partial charge in [-0.1, -0.05) is 0 Å². The summed E-state index contributed by atoms with van der Waals surface area (Å²) in [6.45, 7) is -0.702. The Morgan fingerprint density at radius 2 is 1.96 bits per heavy atom. The molecule has 2 aromatic heterocycles. The molecule has 2 rings (SSSR count). The number of halogens is 3. The van der Waals surface area contributed by atoms with Crippen LogP contribution in [-0.2, 0) is 24.1 Å². The Morgan fingerprint density at radius 3 is 2.58 bits per heavy atom. The number of aromatic nitrogens is 1. The minimum Gasteiger partial charge on any atom is -0.467 e. The molecule has 0 radical (unpaired) electrons. The summed E-state index contributed by atoms with van der Waals surface area (Å²) in [5.41, 5.74) is -2.75. The molecule has 128 valence electrons. The predicted octanol–water partition coefficient (Wildman–Crippen LogP) is 1.49. The van der Waals surface area contributed by atoms with Crippen LogP contribution in [0, 0.1) is 0 Å². The number of rotatable bonds is 4. The number of nitrogens with one attached hydrogen (secondary N) is 2. The molecule has 7 nitrogen and oxygen atoms in total. The maximum absolute atomic E-state index is 12.6. The standard InChI is InChI=1S/C14H12F3N3O4/c15-14(16,17)10-4-1-5-20(12(10)22)8-11(21)19-13(23)18-7-9-3-2-6-24-9/h1-6H,7-8H2,(H2,18,19,21,23). The molecule has 0 spiro atoms. The zero-order valence-electron chi connectivity index (χ0n) is 12.1. The zero-order valence-corrected chi connectivity index (χ0v) is 12.1. The number of carbonyl (C=O) groups excluding carboxylic acids is 2. The molecule has 0 fully saturated rings. The van der Waals surface area contributed by atoms with Crippen LogP contribution in [0.15, 0.2) is 45.9 Å². The van der Waals surface area contributed by atoms with E-state index in [1.807, 2.05) is 5.32 Å². The van der Waals surface area contributed by atoms with Crippen molar-refractivity contribution in [1.82, 2.24) is 15.2 Å². The molecule has 0 saturated carbocycles. The average Bonchev–Trinajstić information content (AvgIpc) is 2.99. The van der Waals surface area contributed by atoms with E-state index in [0.717, 1.165) is 12.3 Å². The molecule has 10 heteroatoms. The molecule has 0 aliphatic rings. The number of amides is 3. The number of furan rings is 1. The summed E-state index contributed by atoms with van der Waals surface area (Å²) >= 11 is 0. The van der Waals surface area contributed by atoms with Crippen LogP contribution in [0.4, 0.5) is 18.0 Å². The van der Waals surface area contributed by atoms with E-state index in [1.165, 1.54) is 6.26 Å². The Balaban J connectivity index is 1.95. The fourth-order valence-electron chi connectivity index (χ4n) is 1.82. The molecule has 0 bridgehead atoms. The Morgan fingerprint density at radius 1 is 1.21 bits per heavy atom. The maximum Gasteiger partial charge on any atom is 0.421 e. The van der Waals surface area contributed by atoms with Gasteiger partial charge in [-0.2, -0.15) is 13.2 Å². The van der Waals surface area contributed by atoms with Gasteiger partial charge >= 0.3 is 12.2 Å². The Labute approximate surface area is 133 Å². The van der Waals surface area contributed by atoms with Crippen LogP contribution in [-0.4, -0.2) is 16.5 Å². The third-order valence-corrected chi connectivity index (χ3v) is 2.90. The number of hydrogen-bond acceptors (Lipinski definition) is 4. The van der Waals surface area contributed by atoms with Gasteiger partial charge in [0.1, 0.15) is 17.9 Å². The number of imide groups is 1. The first kappa shape index (κ1) is 17.3. The van der Waals surface area contributed by atoms with Crippen LogP contribution in [0.1, 0.15) is 11.3 Å². The minimum atomic E-state index is -4.82. The first-order valence-corrected chi connectivity index (χ1v) is 6.64. The summed E-state index contributed by atoms with van der Waals surface area (Å²) in [4.78, 5) is 34.8. The van der Waals surface area contributed by atoms with Gasteiger partial charge in [-0.25, -0.2) is 4.79 Å². The van der Waals surface area contributed by atoms with Gasteiger partial charge in [0.05, 0.1) is 12.8 Å². The van der Waals surface area contributed by atoms with E-state index >= 15 is 0 Å². The van der Waals surface area contributed by atoms with E-state index in [4.69, 9.17) is 4.42 Å². The number of alkyl halides is 3. The molecular formula is C14H12F3N3O4. The third kappa shape index (κ3) is 4.48. The summed E-state index contributed by atoms with van der Waals surface area (Å²) in [5, 5.41) is 4.22. The molecule has 0 atom stereocenters. The van der Waals surface area contributed by atoms with E-state index < -0.39 is 35.8 Å². The monoisotopic (exact) mass is 343 g/mol. The van der Waals surface area contributed by atoms with Crippen molar-refractivity contribution in [2.45, 2.75) is 19.3 Å². The number of carbonyl (C=O) groups is 2. The van der Waals surface area contributed by atoms with E-state index in [0.29, 0.717) is 16.4 Å². The topological polar surface area (TPSA) is 93.3 Å². The van der Waals surface area contributed by atoms with Gasteiger partial charge in [0.15, 0.2) is 0 Å². The first-order chi connectivity index (χ1) is 11.3. The first-order valence-electron chi connectivity index (χ1n) is 6.64. The van der Waals surface area contributed by atoms with Crippen LogP contribution in [0.3, 0.4) is 0 Å². The number of nitrogens with zero attached hydrogens (tertiary/aromatic N) is 1. The van der Waals surface area contributed by atoms with Gasteiger partial charge in [0.2, 0.25) is 5.91 Å². The summed E-state index contributed by atoms with van der Waals surface area (Å²) in [5.74, 6) is -0.486. The van der Waals surface area contributed by atoms with Crippen LogP contribution in [0.2, 0.25) is 0 Å². The van der Waals surface area contributed by atoms with Crippen molar-refractivity contribution in [3.8, 4) is 0 Å². The molecule has 2 N–H and O–H groups in total. The zero-order chi connectivity index (χ0) is 17.7. The second-order valence-electron chi connectivity index (χ2n) is 4.66. The summed E-state index contributed by atoms with van der Waals surface area (Å²) in [6, 6.07) is 3.96. The molecule has 0 unspecified atom stereocenters. The summed E-state index contributed by atoms with van der Waals surface area (Å²) < 4.78 is 43.4. The molecule has 0 saturated heterocycles. The van der Waals surface area contributed by atoms with Crippen LogP contribution >= 0.6 is 0 Å². The van der Waals surface area contributed by atoms with E-state index in [-0.39, 0.29) is 6.54 Å². The van der Waals surface area contributed by atoms with Crippen LogP contribution in [0.25, 0.3) is 0 Å². The lowest BCUT2D eigenvalue weighted by Crippen LogP contribution is -2.42. The fourth-order valence-corrected chi connectivity index (χ4v) is 1.82. The molecule has 0 aromatic carbocycles. The molecule has 24 heavy (non-hydrogen) atoms. The van der Waals surface area contributed by atoms with Crippen molar-refractivity contribution >= 4 is 11.9 Å². The van der Waals surface area contributed by atoms with Gasteiger partial charge in [-0.15, -0.1) is 0 Å². The average molecular weight is 343 g/mol. The van der Waals surface area contributed by atoms with E-state index in [9.17, 15) is 27.6 Å². The summed E-state index contributed by atoms with van der Waals surface area (Å²) in [7, 11) is 0. The number of urea groups is 1. The van der Waals surface area contributed by atoms with Gasteiger partial charge in [-0.05, 0) is 24.3 Å². The third-order valence-electron chi connectivity index (χ3n) is 2.90. The highest BCUT2D eigenvalue weighted by molar-refractivity contribution is 5.94. The van der Waals surface area contributed by atoms with Crippen molar-refractivity contribution in [3.63, 3.8) is 0 Å². The van der Waals surface area contributed by atoms with Crippen molar-refractivity contribution in [1.29, 1.82) is 0 Å². The highest BCUT2D eigenvalue weighted by atomic mass is 19.4. The quantitative estimate of drug-likeness (QED) is 0.879. The number of hydrogen-bond donors (Lipinski definition) is 2. The Bertz CT molecular complexity index is 781. The largest absolute Gasteiger partial charge is 0.467 e. The molecule has 0 aliphatic heterocycles. The van der Waals surface area contributed by atoms with Crippen molar-refractivity contribution < 1.29 is 27.2 Å². The maximum atomic E-state index is 12.6. The lowest BCUT2D eigenvalue weighted by atomic mass is 10.2. The Kier molecular flexibility index (Phi) is 5.07. The molecule has 3 amide bonds. The second-order valence-corrected chi connectivity index (χ2v) is 4.66. The second kappa shape index (κ2) is 7.02. The van der Waals surface area contributed by atoms with Crippen molar-refractivity contribution in [2.75, 3.05) is 0 Å². The van der Waals surface area contributed by atoms with E-state index in [2.05, 4.69) is 5.32 Å². The van der Waals surface area contributed by atoms with Gasteiger partial charge in [-0.3, -0.25) is 14.9 Å². The van der Waals surface area contributed by atoms with Crippen LogP contribution in [0.5, 0.6) is 0 Å². The number of pyridine rings is 1. The predicted molar refractivity (Wildman–Crippen MR) is 74.8 cm³/mol. The SMILES string of the molecule is O=C(Cn1cccc(C(F)(F)F)c1=O)NC(=O)NCc1ccco1.